The number of aromatic nitrogens is 1. The summed E-state index contributed by atoms with van der Waals surface area (Å²) in [6, 6.07) is 12.5. The summed E-state index contributed by atoms with van der Waals surface area (Å²) in [5.74, 6) is 2.32. The molecule has 0 saturated heterocycles. The van der Waals surface area contributed by atoms with E-state index in [1.54, 1.807) is 40.6 Å². The quantitative estimate of drug-likeness (QED) is 0.358. The monoisotopic (exact) mass is 467 g/mol. The lowest BCUT2D eigenvalue weighted by Crippen LogP contribution is -2.30. The van der Waals surface area contributed by atoms with Gasteiger partial charge in [0.2, 0.25) is 5.75 Å². The maximum atomic E-state index is 11.4. The van der Waals surface area contributed by atoms with Gasteiger partial charge in [-0.05, 0) is 36.8 Å². The van der Waals surface area contributed by atoms with Crippen molar-refractivity contribution in [3.8, 4) is 23.0 Å². The van der Waals surface area contributed by atoms with Gasteiger partial charge in [0.1, 0.15) is 5.75 Å². The van der Waals surface area contributed by atoms with Crippen LogP contribution in [-0.4, -0.2) is 49.4 Å². The molecule has 1 atom stereocenters. The molecule has 0 radical (unpaired) electrons. The Labute approximate surface area is 198 Å². The minimum absolute atomic E-state index is 0.0363. The zero-order valence-corrected chi connectivity index (χ0v) is 19.8. The predicted molar refractivity (Wildman–Crippen MR) is 127 cm³/mol. The van der Waals surface area contributed by atoms with Crippen molar-refractivity contribution < 1.29 is 23.9 Å². The topological polar surface area (TPSA) is 88.2 Å². The lowest BCUT2D eigenvalue weighted by Gasteiger charge is -2.32. The van der Waals surface area contributed by atoms with Crippen LogP contribution >= 0.6 is 0 Å². The van der Waals surface area contributed by atoms with Gasteiger partial charge in [-0.3, -0.25) is 15.0 Å². The van der Waals surface area contributed by atoms with Crippen LogP contribution in [-0.2, 0) is 13.1 Å². The molecule has 34 heavy (non-hydrogen) atoms. The van der Waals surface area contributed by atoms with Crippen molar-refractivity contribution in [3.05, 3.63) is 75.6 Å². The van der Waals surface area contributed by atoms with E-state index >= 15 is 0 Å². The summed E-state index contributed by atoms with van der Waals surface area (Å²) in [5, 5.41) is 11.4. The molecule has 2 aromatic carbocycles. The number of hydrogen-bond donors (Lipinski definition) is 0. The average Bonchev–Trinajstić information content (AvgIpc) is 3.24. The molecular formula is C25H29N3O6. The molecule has 0 amide bonds. The van der Waals surface area contributed by atoms with Gasteiger partial charge in [0.25, 0.3) is 5.69 Å². The first kappa shape index (κ1) is 23.4. The van der Waals surface area contributed by atoms with Gasteiger partial charge in [0, 0.05) is 54.8 Å². The van der Waals surface area contributed by atoms with Gasteiger partial charge < -0.3 is 23.5 Å². The Kier molecular flexibility index (Phi) is 6.93. The fourth-order valence-corrected chi connectivity index (χ4v) is 4.73. The lowest BCUT2D eigenvalue weighted by atomic mass is 9.98. The number of methoxy groups -OCH3 is 4. The number of hydrogen-bond acceptors (Lipinski definition) is 7. The predicted octanol–water partition coefficient (Wildman–Crippen LogP) is 4.43. The molecule has 9 heteroatoms. The molecule has 0 aliphatic carbocycles. The van der Waals surface area contributed by atoms with Gasteiger partial charge in [-0.1, -0.05) is 0 Å². The number of ether oxygens (including phenoxy) is 4. The molecule has 180 valence electrons. The Hall–Kier alpha value is -3.72. The smallest absolute Gasteiger partial charge is 0.270 e. The fourth-order valence-electron chi connectivity index (χ4n) is 4.73. The second-order valence-electron chi connectivity index (χ2n) is 8.03. The number of rotatable bonds is 8. The molecule has 3 aromatic rings. The Bertz CT molecular complexity index is 1180. The summed E-state index contributed by atoms with van der Waals surface area (Å²) in [5.41, 5.74) is 2.81. The van der Waals surface area contributed by atoms with Crippen molar-refractivity contribution in [2.75, 3.05) is 35.0 Å². The van der Waals surface area contributed by atoms with E-state index in [1.165, 1.54) is 6.07 Å². The molecule has 1 aromatic heterocycles. The van der Waals surface area contributed by atoms with Crippen molar-refractivity contribution in [3.63, 3.8) is 0 Å². The van der Waals surface area contributed by atoms with Gasteiger partial charge in [-0.15, -0.1) is 0 Å². The van der Waals surface area contributed by atoms with Crippen LogP contribution in [0, 0.1) is 10.1 Å². The summed E-state index contributed by atoms with van der Waals surface area (Å²) in [6.07, 6.45) is 3.00. The highest BCUT2D eigenvalue weighted by Gasteiger charge is 2.32. The summed E-state index contributed by atoms with van der Waals surface area (Å²) < 4.78 is 24.8. The minimum Gasteiger partial charge on any atom is -0.496 e. The van der Waals surface area contributed by atoms with Gasteiger partial charge in [0.05, 0.1) is 39.4 Å². The van der Waals surface area contributed by atoms with E-state index in [9.17, 15) is 10.1 Å². The first-order valence-electron chi connectivity index (χ1n) is 11.0. The van der Waals surface area contributed by atoms with Crippen molar-refractivity contribution in [2.45, 2.75) is 25.6 Å². The molecule has 1 aliphatic heterocycles. The summed E-state index contributed by atoms with van der Waals surface area (Å²) >= 11 is 0. The third-order valence-corrected chi connectivity index (χ3v) is 6.23. The van der Waals surface area contributed by atoms with E-state index in [0.29, 0.717) is 29.5 Å². The first-order valence-corrected chi connectivity index (χ1v) is 11.0. The lowest BCUT2D eigenvalue weighted by molar-refractivity contribution is -0.385. The number of benzene rings is 2. The maximum Gasteiger partial charge on any atom is 0.270 e. The molecule has 1 aliphatic rings. The van der Waals surface area contributed by atoms with Crippen LogP contribution in [0.2, 0.25) is 0 Å². The van der Waals surface area contributed by atoms with Crippen LogP contribution in [0.15, 0.2) is 48.7 Å². The fraction of sp³-hybridized carbons (Fsp3) is 0.360. The first-order chi connectivity index (χ1) is 16.5. The molecule has 0 N–H and O–H groups in total. The Morgan fingerprint density at radius 2 is 1.68 bits per heavy atom. The second-order valence-corrected chi connectivity index (χ2v) is 8.03. The van der Waals surface area contributed by atoms with Crippen LogP contribution in [0.4, 0.5) is 5.69 Å². The Balaban J connectivity index is 1.86. The number of nitro benzene ring substituents is 1. The van der Waals surface area contributed by atoms with Crippen molar-refractivity contribution in [1.82, 2.24) is 9.47 Å². The Morgan fingerprint density at radius 1 is 0.941 bits per heavy atom. The van der Waals surface area contributed by atoms with Gasteiger partial charge in [-0.25, -0.2) is 0 Å². The molecule has 4 rings (SSSR count). The highest BCUT2D eigenvalue weighted by atomic mass is 16.6. The molecular weight excluding hydrogens is 438 g/mol. The maximum absolute atomic E-state index is 11.4. The van der Waals surface area contributed by atoms with Crippen molar-refractivity contribution >= 4 is 5.69 Å². The number of aryl methyl sites for hydroxylation is 1. The molecule has 0 saturated carbocycles. The Morgan fingerprint density at radius 3 is 2.35 bits per heavy atom. The van der Waals surface area contributed by atoms with Crippen LogP contribution in [0.5, 0.6) is 23.0 Å². The molecule has 9 nitrogen and oxygen atoms in total. The number of nitrogens with zero attached hydrogens (tertiary/aromatic N) is 3. The standard InChI is InChI=1S/C25H29N3O6/c1-31-21-10-8-18(28(29)30)15-17(21)16-27-14-6-13-26-12-5-7-20(26)23(27)19-9-11-22(32-2)25(34-4)24(19)33-3/h5,7-12,15,23H,6,13-14,16H2,1-4H3. The summed E-state index contributed by atoms with van der Waals surface area (Å²) in [6.45, 7) is 2.10. The second kappa shape index (κ2) is 10.0. The highest BCUT2D eigenvalue weighted by molar-refractivity contribution is 5.58. The largest absolute Gasteiger partial charge is 0.496 e. The third-order valence-electron chi connectivity index (χ3n) is 6.23. The number of non-ortho nitro benzene ring substituents is 1. The molecule has 2 heterocycles. The van der Waals surface area contributed by atoms with Crippen molar-refractivity contribution in [1.29, 1.82) is 0 Å². The van der Waals surface area contributed by atoms with Crippen LogP contribution in [0.3, 0.4) is 0 Å². The third kappa shape index (κ3) is 4.26. The van der Waals surface area contributed by atoms with Gasteiger partial charge in [0.15, 0.2) is 11.5 Å². The SMILES string of the molecule is COc1ccc([N+](=O)[O-])cc1CN1CCCn2cccc2C1c1ccc(OC)c(OC)c1OC. The van der Waals surface area contributed by atoms with Crippen LogP contribution < -0.4 is 18.9 Å². The summed E-state index contributed by atoms with van der Waals surface area (Å²) in [4.78, 5) is 13.3. The average molecular weight is 468 g/mol. The highest BCUT2D eigenvalue weighted by Crippen LogP contribution is 2.46. The minimum atomic E-state index is -0.384. The zero-order valence-electron chi connectivity index (χ0n) is 19.8. The van der Waals surface area contributed by atoms with E-state index in [0.717, 1.165) is 36.3 Å². The van der Waals surface area contributed by atoms with Crippen LogP contribution in [0.1, 0.15) is 29.3 Å². The van der Waals surface area contributed by atoms with E-state index in [2.05, 4.69) is 21.7 Å². The van der Waals surface area contributed by atoms with E-state index in [4.69, 9.17) is 18.9 Å². The molecule has 0 bridgehead atoms. The number of nitro groups is 1. The van der Waals surface area contributed by atoms with E-state index in [-0.39, 0.29) is 16.7 Å². The van der Waals surface area contributed by atoms with E-state index < -0.39 is 0 Å². The molecule has 0 spiro atoms. The van der Waals surface area contributed by atoms with E-state index in [1.807, 2.05) is 18.2 Å². The number of fused-ring (bicyclic) bond motifs is 1. The van der Waals surface area contributed by atoms with Gasteiger partial charge in [-0.2, -0.15) is 0 Å². The normalized spacial score (nSPS) is 15.8. The summed E-state index contributed by atoms with van der Waals surface area (Å²) in [7, 11) is 6.37. The van der Waals surface area contributed by atoms with Crippen molar-refractivity contribution in [2.24, 2.45) is 0 Å². The molecule has 0 fully saturated rings. The van der Waals surface area contributed by atoms with Gasteiger partial charge >= 0.3 is 0 Å². The van der Waals surface area contributed by atoms with Crippen LogP contribution in [0.25, 0.3) is 0 Å². The zero-order chi connectivity index (χ0) is 24.2. The molecule has 1 unspecified atom stereocenters.